The van der Waals surface area contributed by atoms with E-state index >= 15 is 0 Å². The Kier molecular flexibility index (Phi) is 203. The molecular formula is H4Cl2FeSn. The van der Waals surface area contributed by atoms with E-state index in [1.165, 1.54) is 0 Å². The summed E-state index contributed by atoms with van der Waals surface area (Å²) in [7, 11) is 0. The van der Waals surface area contributed by atoms with Gasteiger partial charge in [-0.3, -0.25) is 0 Å². The van der Waals surface area contributed by atoms with Gasteiger partial charge in [0.15, 0.2) is 0 Å². The van der Waals surface area contributed by atoms with Gasteiger partial charge in [-0.25, -0.2) is 0 Å². The molecule has 0 saturated carbocycles. The van der Waals surface area contributed by atoms with Crippen molar-refractivity contribution in [1.29, 1.82) is 0 Å². The van der Waals surface area contributed by atoms with Crippen LogP contribution in [0.1, 0.15) is 0 Å². The van der Waals surface area contributed by atoms with E-state index in [0.29, 0.717) is 0 Å². The van der Waals surface area contributed by atoms with Crippen molar-refractivity contribution < 1.29 is 17.1 Å². The summed E-state index contributed by atoms with van der Waals surface area (Å²) in [5, 5.41) is 0. The molecule has 0 amide bonds. The Morgan fingerprint density at radius 2 is 0.750 bits per heavy atom. The van der Waals surface area contributed by atoms with Crippen molar-refractivity contribution in [2.75, 3.05) is 0 Å². The molecule has 0 aromatic rings. The van der Waals surface area contributed by atoms with Gasteiger partial charge in [0.2, 0.25) is 0 Å². The first kappa shape index (κ1) is 39.3. The zero-order valence-electron chi connectivity index (χ0n) is 1.88. The van der Waals surface area contributed by atoms with Crippen molar-refractivity contribution in [1.82, 2.24) is 0 Å². The Labute approximate surface area is 65.3 Å². The molecular weight excluding hydrogens is 245 g/mol. The Bertz CT molecular complexity index is 6.00. The molecule has 0 nitrogen and oxygen atoms in total. The van der Waals surface area contributed by atoms with Crippen LogP contribution >= 0.6 is 24.8 Å². The van der Waals surface area contributed by atoms with E-state index in [-0.39, 0.29) is 65.8 Å². The number of hydrogen-bond donors (Lipinski definition) is 0. The SMILES string of the molecule is Cl.Cl.[Fe].[SnH2]. The molecule has 0 aliphatic carbocycles. The molecule has 0 unspecified atom stereocenters. The molecule has 30 valence electrons. The quantitative estimate of drug-likeness (QED) is 0.527. The van der Waals surface area contributed by atoms with Gasteiger partial charge in [-0.15, -0.1) is 24.8 Å². The van der Waals surface area contributed by atoms with Gasteiger partial charge in [0.25, 0.3) is 0 Å². The van der Waals surface area contributed by atoms with Gasteiger partial charge in [0, 0.05) is 17.1 Å². The minimum atomic E-state index is 0. The molecule has 0 fully saturated rings. The molecule has 0 saturated heterocycles. The normalized spacial score (nSPS) is 0. The monoisotopic (exact) mass is 250 g/mol. The molecule has 0 aromatic heterocycles. The molecule has 0 N–H and O–H groups in total. The third kappa shape index (κ3) is 9.09. The first-order chi connectivity index (χ1) is 0. The van der Waals surface area contributed by atoms with E-state index in [0.717, 1.165) is 0 Å². The molecule has 2 radical (unpaired) electrons. The Hall–Kier alpha value is 1.90. The second-order valence-corrected chi connectivity index (χ2v) is 0. The molecule has 0 aliphatic rings. The Morgan fingerprint density at radius 3 is 0.750 bits per heavy atom. The van der Waals surface area contributed by atoms with Crippen LogP contribution in [0.2, 0.25) is 0 Å². The maximum absolute atomic E-state index is 0. The van der Waals surface area contributed by atoms with E-state index in [1.807, 2.05) is 0 Å². The second kappa shape index (κ2) is 20.7. The van der Waals surface area contributed by atoms with Gasteiger partial charge < -0.3 is 0 Å². The first-order valence-corrected chi connectivity index (χ1v) is 0. The van der Waals surface area contributed by atoms with Crippen LogP contribution < -0.4 is 0 Å². The van der Waals surface area contributed by atoms with Crippen molar-refractivity contribution in [2.45, 2.75) is 0 Å². The third-order valence-electron chi connectivity index (χ3n) is 0. The van der Waals surface area contributed by atoms with Crippen molar-refractivity contribution in [2.24, 2.45) is 0 Å². The van der Waals surface area contributed by atoms with Crippen molar-refractivity contribution >= 4 is 48.7 Å². The number of rotatable bonds is 0. The van der Waals surface area contributed by atoms with Gasteiger partial charge >= 0.3 is 23.9 Å². The fourth-order valence-corrected chi connectivity index (χ4v) is 0. The Morgan fingerprint density at radius 1 is 0.750 bits per heavy atom. The molecule has 0 aliphatic heterocycles. The standard InChI is InChI=1S/2ClH.Fe.Sn.2H/h2*1H;;;;. The molecule has 0 heterocycles. The average Bonchev–Trinajstić information content (AvgIpc) is 0. The van der Waals surface area contributed by atoms with Crippen LogP contribution in [0, 0.1) is 0 Å². The molecule has 4 heavy (non-hydrogen) atoms. The average molecular weight is 249 g/mol. The van der Waals surface area contributed by atoms with E-state index in [9.17, 15) is 0 Å². The first-order valence-electron chi connectivity index (χ1n) is 0. The van der Waals surface area contributed by atoms with E-state index in [2.05, 4.69) is 0 Å². The van der Waals surface area contributed by atoms with Gasteiger partial charge in [-0.05, 0) is 0 Å². The summed E-state index contributed by atoms with van der Waals surface area (Å²) in [4.78, 5) is 0. The van der Waals surface area contributed by atoms with Crippen LogP contribution in [0.15, 0.2) is 0 Å². The van der Waals surface area contributed by atoms with Gasteiger partial charge in [0.05, 0.1) is 0 Å². The van der Waals surface area contributed by atoms with Crippen LogP contribution in [0.4, 0.5) is 0 Å². The summed E-state index contributed by atoms with van der Waals surface area (Å²) in [6.07, 6.45) is 0. The fraction of sp³-hybridized carbons (Fsp3) is 0. The summed E-state index contributed by atoms with van der Waals surface area (Å²) in [6.45, 7) is 0. The summed E-state index contributed by atoms with van der Waals surface area (Å²) >= 11 is 0. The Balaban J connectivity index is 0. The molecule has 0 aromatic carbocycles. The van der Waals surface area contributed by atoms with E-state index < -0.39 is 0 Å². The van der Waals surface area contributed by atoms with E-state index in [1.54, 1.807) is 0 Å². The van der Waals surface area contributed by atoms with Gasteiger partial charge in [0.1, 0.15) is 0 Å². The summed E-state index contributed by atoms with van der Waals surface area (Å²) < 4.78 is 0. The number of hydrogen-bond acceptors (Lipinski definition) is 0. The van der Waals surface area contributed by atoms with Gasteiger partial charge in [-0.1, -0.05) is 0 Å². The predicted octanol–water partition coefficient (Wildman–Crippen LogP) is -0.0751. The third-order valence-corrected chi connectivity index (χ3v) is 0. The zero-order valence-corrected chi connectivity index (χ0v) is 8.65. The molecule has 0 rings (SSSR count). The fourth-order valence-electron chi connectivity index (χ4n) is 0. The summed E-state index contributed by atoms with van der Waals surface area (Å²) in [5.74, 6) is 0. The summed E-state index contributed by atoms with van der Waals surface area (Å²) in [6, 6.07) is 0. The second-order valence-electron chi connectivity index (χ2n) is 0. The molecule has 4 heteroatoms. The maximum atomic E-state index is 0. The van der Waals surface area contributed by atoms with Crippen molar-refractivity contribution in [3.8, 4) is 0 Å². The number of halogens is 2. The predicted molar refractivity (Wildman–Crippen MR) is 23.0 cm³/mol. The van der Waals surface area contributed by atoms with Crippen LogP contribution in [0.5, 0.6) is 0 Å². The van der Waals surface area contributed by atoms with Crippen LogP contribution in [0.25, 0.3) is 0 Å². The van der Waals surface area contributed by atoms with Crippen LogP contribution in [0.3, 0.4) is 0 Å². The van der Waals surface area contributed by atoms with Crippen LogP contribution in [-0.4, -0.2) is 23.9 Å². The topological polar surface area (TPSA) is 0 Å². The minimum absolute atomic E-state index is 0. The summed E-state index contributed by atoms with van der Waals surface area (Å²) in [5.41, 5.74) is 0. The van der Waals surface area contributed by atoms with Crippen molar-refractivity contribution in [3.05, 3.63) is 0 Å². The molecule has 0 atom stereocenters. The van der Waals surface area contributed by atoms with Crippen molar-refractivity contribution in [3.63, 3.8) is 0 Å². The van der Waals surface area contributed by atoms with Crippen LogP contribution in [-0.2, 0) is 17.1 Å². The molecule has 0 bridgehead atoms. The van der Waals surface area contributed by atoms with Gasteiger partial charge in [-0.2, -0.15) is 0 Å². The zero-order chi connectivity index (χ0) is 0. The molecule has 0 spiro atoms. The van der Waals surface area contributed by atoms with E-state index in [4.69, 9.17) is 0 Å².